The lowest BCUT2D eigenvalue weighted by molar-refractivity contribution is -0.142. The van der Waals surface area contributed by atoms with Crippen LogP contribution in [-0.4, -0.2) is 41.7 Å². The highest BCUT2D eigenvalue weighted by Gasteiger charge is 2.25. The number of aromatic nitrogens is 2. The van der Waals surface area contributed by atoms with Gasteiger partial charge in [0.05, 0.1) is 13.2 Å². The van der Waals surface area contributed by atoms with Crippen LogP contribution in [0.2, 0.25) is 0 Å². The molecule has 1 fully saturated rings. The highest BCUT2D eigenvalue weighted by molar-refractivity contribution is 5.93. The Morgan fingerprint density at radius 1 is 1.58 bits per heavy atom. The van der Waals surface area contributed by atoms with Crippen molar-refractivity contribution < 1.29 is 18.8 Å². The lowest BCUT2D eigenvalue weighted by Gasteiger charge is -2.09. The van der Waals surface area contributed by atoms with E-state index in [1.807, 2.05) is 0 Å². The number of nitrogens with one attached hydrogen (secondary N) is 2. The molecule has 1 aromatic rings. The van der Waals surface area contributed by atoms with Crippen molar-refractivity contribution in [2.45, 2.75) is 31.8 Å². The molecule has 1 aliphatic heterocycles. The fourth-order valence-corrected chi connectivity index (χ4v) is 1.86. The van der Waals surface area contributed by atoms with Gasteiger partial charge < -0.3 is 19.9 Å². The number of nitrogens with zero attached hydrogens (tertiary/aromatic N) is 2. The van der Waals surface area contributed by atoms with Gasteiger partial charge in [-0.15, -0.1) is 0 Å². The van der Waals surface area contributed by atoms with Crippen LogP contribution in [0.5, 0.6) is 0 Å². The molecule has 1 saturated heterocycles. The molecule has 8 heteroatoms. The van der Waals surface area contributed by atoms with E-state index in [0.29, 0.717) is 5.89 Å². The third kappa shape index (κ3) is 3.08. The number of carbonyl (C=O) groups is 2. The molecule has 8 nitrogen and oxygen atoms in total. The fourth-order valence-electron chi connectivity index (χ4n) is 1.86. The van der Waals surface area contributed by atoms with Crippen LogP contribution in [0, 0.1) is 0 Å². The second-order valence-corrected chi connectivity index (χ2v) is 4.32. The Morgan fingerprint density at radius 2 is 2.37 bits per heavy atom. The van der Waals surface area contributed by atoms with E-state index in [4.69, 9.17) is 4.52 Å². The van der Waals surface area contributed by atoms with Crippen LogP contribution < -0.4 is 10.6 Å². The second-order valence-electron chi connectivity index (χ2n) is 4.32. The minimum absolute atomic E-state index is 0.00656. The van der Waals surface area contributed by atoms with Gasteiger partial charge in [-0.25, -0.2) is 4.79 Å². The molecule has 1 amide bonds. The van der Waals surface area contributed by atoms with Gasteiger partial charge in [0.1, 0.15) is 6.04 Å². The molecule has 2 atom stereocenters. The summed E-state index contributed by atoms with van der Waals surface area (Å²) in [6.45, 7) is 2.41. The Bertz CT molecular complexity index is 467. The van der Waals surface area contributed by atoms with E-state index in [1.54, 1.807) is 0 Å². The maximum absolute atomic E-state index is 11.8. The summed E-state index contributed by atoms with van der Waals surface area (Å²) >= 11 is 0. The van der Waals surface area contributed by atoms with Gasteiger partial charge in [-0.05, 0) is 26.3 Å². The Labute approximate surface area is 109 Å². The van der Waals surface area contributed by atoms with Crippen LogP contribution >= 0.6 is 0 Å². The molecule has 104 valence electrons. The molecule has 0 saturated carbocycles. The number of amides is 1. The van der Waals surface area contributed by atoms with Crippen molar-refractivity contribution in [3.63, 3.8) is 0 Å². The first-order valence-corrected chi connectivity index (χ1v) is 6.07. The highest BCUT2D eigenvalue weighted by Crippen LogP contribution is 2.20. The Kier molecular flexibility index (Phi) is 4.10. The molecule has 0 aliphatic carbocycles. The van der Waals surface area contributed by atoms with Gasteiger partial charge in [-0.1, -0.05) is 5.16 Å². The number of hydrogen-bond donors (Lipinski definition) is 2. The van der Waals surface area contributed by atoms with E-state index in [-0.39, 0.29) is 11.9 Å². The summed E-state index contributed by atoms with van der Waals surface area (Å²) in [5, 5.41) is 9.23. The lowest BCUT2D eigenvalue weighted by Crippen LogP contribution is -2.39. The van der Waals surface area contributed by atoms with E-state index in [2.05, 4.69) is 25.5 Å². The van der Waals surface area contributed by atoms with Crippen molar-refractivity contribution in [3.8, 4) is 0 Å². The van der Waals surface area contributed by atoms with E-state index in [1.165, 1.54) is 14.0 Å². The number of carbonyl (C=O) groups excluding carboxylic acids is 2. The van der Waals surface area contributed by atoms with Crippen molar-refractivity contribution in [2.24, 2.45) is 0 Å². The van der Waals surface area contributed by atoms with Crippen LogP contribution in [0.1, 0.15) is 42.3 Å². The first kappa shape index (κ1) is 13.5. The molecule has 2 rings (SSSR count). The molecule has 1 unspecified atom stereocenters. The van der Waals surface area contributed by atoms with Crippen LogP contribution in [0.25, 0.3) is 0 Å². The van der Waals surface area contributed by atoms with Gasteiger partial charge in [-0.3, -0.25) is 4.79 Å². The van der Waals surface area contributed by atoms with Gasteiger partial charge in [0.15, 0.2) is 0 Å². The SMILES string of the molecule is COC(=O)[C@H](C)NC(=O)c1noc(C2CCCN2)n1. The molecule has 0 aromatic carbocycles. The molecule has 0 spiro atoms. The van der Waals surface area contributed by atoms with E-state index < -0.39 is 17.9 Å². The van der Waals surface area contributed by atoms with Crippen molar-refractivity contribution >= 4 is 11.9 Å². The van der Waals surface area contributed by atoms with Gasteiger partial charge in [-0.2, -0.15) is 4.98 Å². The predicted molar refractivity (Wildman–Crippen MR) is 63.2 cm³/mol. The molecule has 1 aliphatic rings. The van der Waals surface area contributed by atoms with Crippen molar-refractivity contribution in [1.29, 1.82) is 0 Å². The summed E-state index contributed by atoms with van der Waals surface area (Å²) in [6.07, 6.45) is 1.94. The Balaban J connectivity index is 1.97. The Hall–Kier alpha value is -1.96. The number of methoxy groups -OCH3 is 1. The van der Waals surface area contributed by atoms with E-state index in [0.717, 1.165) is 19.4 Å². The smallest absolute Gasteiger partial charge is 0.328 e. The first-order valence-electron chi connectivity index (χ1n) is 6.07. The zero-order valence-electron chi connectivity index (χ0n) is 10.8. The lowest BCUT2D eigenvalue weighted by atomic mass is 10.2. The average molecular weight is 268 g/mol. The summed E-state index contributed by atoms with van der Waals surface area (Å²) < 4.78 is 9.54. The quantitative estimate of drug-likeness (QED) is 0.727. The fraction of sp³-hybridized carbons (Fsp3) is 0.636. The molecular weight excluding hydrogens is 252 g/mol. The first-order chi connectivity index (χ1) is 9.11. The zero-order chi connectivity index (χ0) is 13.8. The number of rotatable bonds is 4. The van der Waals surface area contributed by atoms with Crippen molar-refractivity contribution in [1.82, 2.24) is 20.8 Å². The molecule has 0 bridgehead atoms. The maximum atomic E-state index is 11.8. The summed E-state index contributed by atoms with van der Waals surface area (Å²) in [7, 11) is 1.25. The molecule has 2 N–H and O–H groups in total. The van der Waals surface area contributed by atoms with Crippen LogP contribution in [0.4, 0.5) is 0 Å². The minimum atomic E-state index is -0.760. The normalized spacial score (nSPS) is 20.0. The zero-order valence-corrected chi connectivity index (χ0v) is 10.8. The summed E-state index contributed by atoms with van der Waals surface area (Å²) in [6, 6.07) is -0.754. The van der Waals surface area contributed by atoms with E-state index >= 15 is 0 Å². The molecule has 1 aromatic heterocycles. The third-order valence-electron chi connectivity index (χ3n) is 2.91. The number of esters is 1. The van der Waals surface area contributed by atoms with Gasteiger partial charge >= 0.3 is 5.97 Å². The standard InChI is InChI=1S/C11H16N4O4/c1-6(11(17)18-2)13-9(16)8-14-10(19-15-8)7-4-3-5-12-7/h6-7,12H,3-5H2,1-2H3,(H,13,16)/t6-,7?/m0/s1. The van der Waals surface area contributed by atoms with Crippen molar-refractivity contribution in [3.05, 3.63) is 11.7 Å². The van der Waals surface area contributed by atoms with Crippen molar-refractivity contribution in [2.75, 3.05) is 13.7 Å². The minimum Gasteiger partial charge on any atom is -0.467 e. The van der Waals surface area contributed by atoms with E-state index in [9.17, 15) is 9.59 Å². The van der Waals surface area contributed by atoms with Crippen LogP contribution in [-0.2, 0) is 9.53 Å². The predicted octanol–water partition coefficient (Wildman–Crippen LogP) is -0.215. The third-order valence-corrected chi connectivity index (χ3v) is 2.91. The monoisotopic (exact) mass is 268 g/mol. The average Bonchev–Trinajstić information content (AvgIpc) is 3.07. The van der Waals surface area contributed by atoms with Gasteiger partial charge in [0.25, 0.3) is 11.7 Å². The molecule has 2 heterocycles. The van der Waals surface area contributed by atoms with Crippen LogP contribution in [0.15, 0.2) is 4.52 Å². The topological polar surface area (TPSA) is 106 Å². The summed E-state index contributed by atoms with van der Waals surface area (Å²) in [5.74, 6) is -0.784. The summed E-state index contributed by atoms with van der Waals surface area (Å²) in [4.78, 5) is 27.0. The number of hydrogen-bond acceptors (Lipinski definition) is 7. The largest absolute Gasteiger partial charge is 0.467 e. The number of ether oxygens (including phenoxy) is 1. The van der Waals surface area contributed by atoms with Gasteiger partial charge in [0.2, 0.25) is 5.89 Å². The second kappa shape index (κ2) is 5.79. The molecular formula is C11H16N4O4. The Morgan fingerprint density at radius 3 is 3.00 bits per heavy atom. The molecule has 0 radical (unpaired) electrons. The highest BCUT2D eigenvalue weighted by atomic mass is 16.5. The summed E-state index contributed by atoms with van der Waals surface area (Å²) in [5.41, 5.74) is 0. The molecule has 19 heavy (non-hydrogen) atoms. The maximum Gasteiger partial charge on any atom is 0.328 e. The van der Waals surface area contributed by atoms with Gasteiger partial charge in [0, 0.05) is 0 Å². The van der Waals surface area contributed by atoms with Crippen LogP contribution in [0.3, 0.4) is 0 Å².